The van der Waals surface area contributed by atoms with E-state index in [0.29, 0.717) is 19.5 Å². The predicted octanol–water partition coefficient (Wildman–Crippen LogP) is 2.33. The molecular weight excluding hydrogens is 308 g/mol. The monoisotopic (exact) mass is 342 g/mol. The van der Waals surface area contributed by atoms with Crippen LogP contribution in [0.5, 0.6) is 0 Å². The van der Waals surface area contributed by atoms with Crippen molar-refractivity contribution in [3.05, 3.63) is 0 Å². The van der Waals surface area contributed by atoms with E-state index in [9.17, 15) is 14.7 Å². The SMILES string of the molecule is CCCCCCCCCCCC(=O)CC1(O)OC(=O)CN1CCN. The van der Waals surface area contributed by atoms with E-state index in [4.69, 9.17) is 10.5 Å². The molecule has 1 saturated heterocycles. The number of aliphatic hydroxyl groups is 1. The van der Waals surface area contributed by atoms with Gasteiger partial charge in [-0.3, -0.25) is 9.59 Å². The number of carbonyl (C=O) groups excluding carboxylic acids is 2. The normalized spacial score (nSPS) is 21.2. The van der Waals surface area contributed by atoms with E-state index in [-0.39, 0.29) is 18.7 Å². The smallest absolute Gasteiger partial charge is 0.323 e. The highest BCUT2D eigenvalue weighted by atomic mass is 16.7. The lowest BCUT2D eigenvalue weighted by Crippen LogP contribution is -2.48. The number of esters is 1. The fourth-order valence-electron chi connectivity index (χ4n) is 3.09. The van der Waals surface area contributed by atoms with Crippen molar-refractivity contribution in [1.82, 2.24) is 4.90 Å². The van der Waals surface area contributed by atoms with Gasteiger partial charge in [0, 0.05) is 19.5 Å². The zero-order valence-electron chi connectivity index (χ0n) is 15.1. The van der Waals surface area contributed by atoms with Crippen LogP contribution in [0.25, 0.3) is 0 Å². The molecule has 1 aliphatic rings. The van der Waals surface area contributed by atoms with Crippen molar-refractivity contribution in [3.63, 3.8) is 0 Å². The minimum atomic E-state index is -1.80. The number of rotatable bonds is 14. The molecule has 6 nitrogen and oxygen atoms in total. The molecule has 1 unspecified atom stereocenters. The number of nitrogens with zero attached hydrogens (tertiary/aromatic N) is 1. The predicted molar refractivity (Wildman–Crippen MR) is 93.1 cm³/mol. The molecule has 0 amide bonds. The van der Waals surface area contributed by atoms with Crippen LogP contribution in [0.3, 0.4) is 0 Å². The number of cyclic esters (lactones) is 1. The maximum absolute atomic E-state index is 12.1. The summed E-state index contributed by atoms with van der Waals surface area (Å²) in [7, 11) is 0. The maximum atomic E-state index is 12.1. The minimum absolute atomic E-state index is 0.0149. The molecule has 0 aromatic heterocycles. The summed E-state index contributed by atoms with van der Waals surface area (Å²) in [5.74, 6) is -2.38. The molecule has 140 valence electrons. The van der Waals surface area contributed by atoms with Gasteiger partial charge in [-0.2, -0.15) is 0 Å². The van der Waals surface area contributed by atoms with Crippen molar-refractivity contribution >= 4 is 11.8 Å². The summed E-state index contributed by atoms with van der Waals surface area (Å²) < 4.78 is 4.94. The van der Waals surface area contributed by atoms with Crippen LogP contribution in [0.15, 0.2) is 0 Å². The van der Waals surface area contributed by atoms with Crippen molar-refractivity contribution in [2.45, 2.75) is 83.5 Å². The topological polar surface area (TPSA) is 92.9 Å². The second-order valence-corrected chi connectivity index (χ2v) is 6.72. The lowest BCUT2D eigenvalue weighted by Gasteiger charge is -2.29. The molecule has 0 aromatic carbocycles. The quantitative estimate of drug-likeness (QED) is 0.372. The largest absolute Gasteiger partial charge is 0.417 e. The molecule has 0 bridgehead atoms. The number of ketones is 1. The molecule has 0 radical (unpaired) electrons. The summed E-state index contributed by atoms with van der Waals surface area (Å²) in [6.45, 7) is 2.83. The van der Waals surface area contributed by atoms with Crippen LogP contribution in [0.1, 0.15) is 77.6 Å². The standard InChI is InChI=1S/C18H34N2O4/c1-2-3-4-5-6-7-8-9-10-11-16(21)14-18(23)20(13-12-19)15-17(22)24-18/h23H,2-15,19H2,1H3. The first-order chi connectivity index (χ1) is 11.5. The van der Waals surface area contributed by atoms with Crippen LogP contribution in [0, 0.1) is 0 Å². The maximum Gasteiger partial charge on any atom is 0.323 e. The Morgan fingerprint density at radius 3 is 2.33 bits per heavy atom. The Kier molecular flexibility index (Phi) is 10.1. The Morgan fingerprint density at radius 1 is 1.17 bits per heavy atom. The number of unbranched alkanes of at least 4 members (excludes halogenated alkanes) is 8. The lowest BCUT2D eigenvalue weighted by molar-refractivity contribution is -0.240. The van der Waals surface area contributed by atoms with Gasteiger partial charge in [-0.05, 0) is 6.42 Å². The fraction of sp³-hybridized carbons (Fsp3) is 0.889. The van der Waals surface area contributed by atoms with Gasteiger partial charge in [0.25, 0.3) is 5.91 Å². The number of nitrogens with two attached hydrogens (primary N) is 1. The second-order valence-electron chi connectivity index (χ2n) is 6.72. The average Bonchev–Trinajstić information content (AvgIpc) is 2.79. The Hall–Kier alpha value is -0.980. The fourth-order valence-corrected chi connectivity index (χ4v) is 3.09. The molecule has 3 N–H and O–H groups in total. The lowest BCUT2D eigenvalue weighted by atomic mass is 10.0. The summed E-state index contributed by atoms with van der Waals surface area (Å²) in [6, 6.07) is 0. The second kappa shape index (κ2) is 11.6. The van der Waals surface area contributed by atoms with E-state index in [2.05, 4.69) is 6.92 Å². The molecule has 1 atom stereocenters. The highest BCUT2D eigenvalue weighted by Gasteiger charge is 2.46. The minimum Gasteiger partial charge on any atom is -0.417 e. The van der Waals surface area contributed by atoms with E-state index in [1.165, 1.54) is 43.4 Å². The van der Waals surface area contributed by atoms with Gasteiger partial charge in [-0.1, -0.05) is 58.3 Å². The Morgan fingerprint density at radius 2 is 1.75 bits per heavy atom. The first-order valence-electron chi connectivity index (χ1n) is 9.43. The van der Waals surface area contributed by atoms with Crippen LogP contribution < -0.4 is 5.73 Å². The molecule has 0 aliphatic carbocycles. The first kappa shape index (κ1) is 21.1. The number of carbonyl (C=O) groups is 2. The summed E-state index contributed by atoms with van der Waals surface area (Å²) in [5.41, 5.74) is 5.47. The molecule has 0 saturated carbocycles. The molecule has 1 aliphatic heterocycles. The number of ether oxygens (including phenoxy) is 1. The van der Waals surface area contributed by atoms with E-state index >= 15 is 0 Å². The van der Waals surface area contributed by atoms with Gasteiger partial charge in [0.1, 0.15) is 12.3 Å². The van der Waals surface area contributed by atoms with Crippen LogP contribution in [-0.2, 0) is 14.3 Å². The van der Waals surface area contributed by atoms with Crippen molar-refractivity contribution in [2.24, 2.45) is 5.73 Å². The summed E-state index contributed by atoms with van der Waals surface area (Å²) in [4.78, 5) is 24.9. The van der Waals surface area contributed by atoms with Crippen molar-refractivity contribution in [1.29, 1.82) is 0 Å². The van der Waals surface area contributed by atoms with Crippen LogP contribution in [0.2, 0.25) is 0 Å². The summed E-state index contributed by atoms with van der Waals surface area (Å²) in [5, 5.41) is 10.4. The third kappa shape index (κ3) is 7.73. The Balaban J connectivity index is 2.14. The highest BCUT2D eigenvalue weighted by Crippen LogP contribution is 2.25. The first-order valence-corrected chi connectivity index (χ1v) is 9.43. The van der Waals surface area contributed by atoms with E-state index in [1.54, 1.807) is 0 Å². The Bertz CT molecular complexity index is 389. The van der Waals surface area contributed by atoms with Crippen LogP contribution in [0.4, 0.5) is 0 Å². The average molecular weight is 342 g/mol. The van der Waals surface area contributed by atoms with Crippen LogP contribution >= 0.6 is 0 Å². The van der Waals surface area contributed by atoms with Gasteiger partial charge in [0.05, 0.1) is 6.42 Å². The molecule has 1 fully saturated rings. The van der Waals surface area contributed by atoms with Gasteiger partial charge in [0.15, 0.2) is 0 Å². The van der Waals surface area contributed by atoms with Crippen molar-refractivity contribution < 1.29 is 19.4 Å². The van der Waals surface area contributed by atoms with Crippen molar-refractivity contribution in [2.75, 3.05) is 19.6 Å². The summed E-state index contributed by atoms with van der Waals surface area (Å²) >= 11 is 0. The number of Topliss-reactive ketones (excluding diaryl/α,β-unsaturated/α-hetero) is 1. The molecular formula is C18H34N2O4. The van der Waals surface area contributed by atoms with Gasteiger partial charge >= 0.3 is 5.97 Å². The van der Waals surface area contributed by atoms with E-state index in [1.807, 2.05) is 0 Å². The molecule has 6 heteroatoms. The third-order valence-electron chi connectivity index (χ3n) is 4.48. The summed E-state index contributed by atoms with van der Waals surface area (Å²) in [6.07, 6.45) is 11.0. The highest BCUT2D eigenvalue weighted by molar-refractivity contribution is 5.81. The molecule has 0 aromatic rings. The van der Waals surface area contributed by atoms with Crippen molar-refractivity contribution in [3.8, 4) is 0 Å². The van der Waals surface area contributed by atoms with E-state index < -0.39 is 11.9 Å². The van der Waals surface area contributed by atoms with Crippen LogP contribution in [-0.4, -0.2) is 47.3 Å². The van der Waals surface area contributed by atoms with Gasteiger partial charge < -0.3 is 15.6 Å². The molecule has 24 heavy (non-hydrogen) atoms. The van der Waals surface area contributed by atoms with Gasteiger partial charge in [-0.25, -0.2) is 4.90 Å². The third-order valence-corrected chi connectivity index (χ3v) is 4.48. The van der Waals surface area contributed by atoms with E-state index in [0.717, 1.165) is 19.3 Å². The number of hydrogen-bond donors (Lipinski definition) is 2. The molecule has 0 spiro atoms. The zero-order valence-corrected chi connectivity index (χ0v) is 15.1. The van der Waals surface area contributed by atoms with Gasteiger partial charge in [0.2, 0.25) is 0 Å². The zero-order chi connectivity index (χ0) is 17.8. The Labute approximate surface area is 145 Å². The number of hydrogen-bond acceptors (Lipinski definition) is 6. The van der Waals surface area contributed by atoms with Gasteiger partial charge in [-0.15, -0.1) is 0 Å². The molecule has 1 rings (SSSR count). The molecule has 1 heterocycles.